The highest BCUT2D eigenvalue weighted by atomic mass is 16.5. The van der Waals surface area contributed by atoms with E-state index in [4.69, 9.17) is 9.47 Å². The molecule has 2 aromatic carbocycles. The zero-order chi connectivity index (χ0) is 27.1. The molecule has 210 valence electrons. The fourth-order valence-electron chi connectivity index (χ4n) is 7.43. The Balaban J connectivity index is 1.39. The molecule has 4 aliphatic rings. The van der Waals surface area contributed by atoms with E-state index >= 15 is 0 Å². The fourth-order valence-corrected chi connectivity index (χ4v) is 7.43. The van der Waals surface area contributed by atoms with Gasteiger partial charge in [-0.2, -0.15) is 0 Å². The second kappa shape index (κ2) is 11.0. The Morgan fingerprint density at radius 1 is 0.800 bits per heavy atom. The van der Waals surface area contributed by atoms with Crippen LogP contribution in [0, 0.1) is 5.92 Å². The van der Waals surface area contributed by atoms with E-state index in [0.717, 1.165) is 17.5 Å². The van der Waals surface area contributed by atoms with Gasteiger partial charge >= 0.3 is 0 Å². The highest BCUT2D eigenvalue weighted by molar-refractivity contribution is 6.01. The fraction of sp³-hybridized carbons (Fsp3) is 0.515. The van der Waals surface area contributed by atoms with Gasteiger partial charge < -0.3 is 23.8 Å². The molecule has 0 radical (unpaired) electrons. The van der Waals surface area contributed by atoms with E-state index in [2.05, 4.69) is 41.0 Å². The molecule has 7 heteroatoms. The van der Waals surface area contributed by atoms with E-state index in [9.17, 15) is 9.59 Å². The number of carbonyl (C=O) groups excluding carboxylic acids is 2. The summed E-state index contributed by atoms with van der Waals surface area (Å²) in [5.41, 5.74) is 7.00. The third kappa shape index (κ3) is 4.63. The van der Waals surface area contributed by atoms with Crippen molar-refractivity contribution in [3.63, 3.8) is 0 Å². The molecule has 7 rings (SSSR count). The Morgan fingerprint density at radius 2 is 1.50 bits per heavy atom. The van der Waals surface area contributed by atoms with Gasteiger partial charge in [0.1, 0.15) is 0 Å². The second-order valence-electron chi connectivity index (χ2n) is 11.8. The first-order valence-corrected chi connectivity index (χ1v) is 15.2. The van der Waals surface area contributed by atoms with Crippen LogP contribution in [-0.2, 0) is 27.2 Å². The number of amides is 2. The van der Waals surface area contributed by atoms with E-state index in [1.54, 1.807) is 0 Å². The molecule has 1 unspecified atom stereocenters. The van der Waals surface area contributed by atoms with Crippen LogP contribution < -0.4 is 0 Å². The minimum atomic E-state index is -0.158. The zero-order valence-corrected chi connectivity index (χ0v) is 23.3. The maximum absolute atomic E-state index is 13.9. The van der Waals surface area contributed by atoms with Gasteiger partial charge in [0.15, 0.2) is 0 Å². The Hall–Kier alpha value is -3.16. The summed E-state index contributed by atoms with van der Waals surface area (Å²) in [5.74, 6) is 0.615. The highest BCUT2D eigenvalue weighted by Gasteiger charge is 2.35. The summed E-state index contributed by atoms with van der Waals surface area (Å²) in [6.45, 7) is 5.56. The van der Waals surface area contributed by atoms with Crippen LogP contribution in [0.2, 0.25) is 0 Å². The minimum Gasteiger partial charge on any atom is -0.378 e. The lowest BCUT2D eigenvalue weighted by Gasteiger charge is -2.30. The van der Waals surface area contributed by atoms with E-state index in [-0.39, 0.29) is 17.7 Å². The lowest BCUT2D eigenvalue weighted by atomic mass is 9.81. The van der Waals surface area contributed by atoms with Crippen LogP contribution in [0.3, 0.4) is 0 Å². The maximum Gasteiger partial charge on any atom is 0.254 e. The molecule has 2 saturated heterocycles. The molecule has 1 aliphatic carbocycles. The minimum absolute atomic E-state index is 0.0648. The predicted octanol–water partition coefficient (Wildman–Crippen LogP) is 4.86. The lowest BCUT2D eigenvalue weighted by Crippen LogP contribution is -2.45. The molecule has 3 aliphatic heterocycles. The number of hydrogen-bond acceptors (Lipinski definition) is 4. The molecule has 3 fully saturated rings. The summed E-state index contributed by atoms with van der Waals surface area (Å²) < 4.78 is 13.4. The summed E-state index contributed by atoms with van der Waals surface area (Å²) in [5, 5.41) is 1.25. The second-order valence-corrected chi connectivity index (χ2v) is 11.8. The van der Waals surface area contributed by atoms with Gasteiger partial charge in [-0.05, 0) is 48.4 Å². The van der Waals surface area contributed by atoms with E-state index < -0.39 is 0 Å². The number of aromatic nitrogens is 1. The van der Waals surface area contributed by atoms with Crippen molar-refractivity contribution in [3.8, 4) is 11.3 Å². The van der Waals surface area contributed by atoms with Gasteiger partial charge in [-0.25, -0.2) is 0 Å². The van der Waals surface area contributed by atoms with Crippen LogP contribution in [0.15, 0.2) is 42.5 Å². The first kappa shape index (κ1) is 25.8. The number of morpholine rings is 2. The van der Waals surface area contributed by atoms with E-state index in [1.165, 1.54) is 59.9 Å². The molecule has 0 N–H and O–H groups in total. The standard InChI is InChI=1S/C33H39N3O4/c37-32(34-12-16-39-17-13-34)25-10-11-28-29(21-25)36-22-26(33(38)35-14-18-40-19-15-35)20-24-8-4-5-9-27(24)31(36)30(28)23-6-2-1-3-7-23/h4-5,8-11,21,23,26H,1-3,6-7,12-20,22H2. The third-order valence-electron chi connectivity index (χ3n) is 9.48. The number of hydrogen-bond donors (Lipinski definition) is 0. The lowest BCUT2D eigenvalue weighted by molar-refractivity contribution is -0.140. The van der Waals surface area contributed by atoms with Gasteiger partial charge in [0.2, 0.25) is 5.91 Å². The molecular weight excluding hydrogens is 502 g/mol. The summed E-state index contributed by atoms with van der Waals surface area (Å²) >= 11 is 0. The topological polar surface area (TPSA) is 64.0 Å². The Kier molecular flexibility index (Phi) is 7.10. The molecule has 2 amide bonds. The highest BCUT2D eigenvalue weighted by Crippen LogP contribution is 2.47. The van der Waals surface area contributed by atoms with Crippen molar-refractivity contribution < 1.29 is 19.1 Å². The predicted molar refractivity (Wildman–Crippen MR) is 155 cm³/mol. The molecule has 1 aromatic heterocycles. The van der Waals surface area contributed by atoms with Crippen LogP contribution in [0.4, 0.5) is 0 Å². The van der Waals surface area contributed by atoms with Crippen molar-refractivity contribution in [1.82, 2.24) is 14.4 Å². The van der Waals surface area contributed by atoms with Gasteiger partial charge in [0, 0.05) is 54.8 Å². The summed E-state index contributed by atoms with van der Waals surface area (Å²) in [4.78, 5) is 31.4. The number of nitrogens with zero attached hydrogens (tertiary/aromatic N) is 3. The van der Waals surface area contributed by atoms with Gasteiger partial charge in [0.25, 0.3) is 5.91 Å². The Labute approximate surface area is 236 Å². The van der Waals surface area contributed by atoms with E-state index in [0.29, 0.717) is 65.1 Å². The first-order valence-electron chi connectivity index (χ1n) is 15.2. The molecule has 4 heterocycles. The normalized spacial score (nSPS) is 22.1. The monoisotopic (exact) mass is 541 g/mol. The Morgan fingerprint density at radius 3 is 2.25 bits per heavy atom. The third-order valence-corrected chi connectivity index (χ3v) is 9.48. The van der Waals surface area contributed by atoms with Crippen LogP contribution >= 0.6 is 0 Å². The number of ether oxygens (including phenoxy) is 2. The molecule has 1 atom stereocenters. The van der Waals surface area contributed by atoms with Crippen molar-refractivity contribution in [3.05, 3.63) is 59.2 Å². The molecule has 1 saturated carbocycles. The Bertz CT molecular complexity index is 1410. The maximum atomic E-state index is 13.9. The van der Waals surface area contributed by atoms with Crippen molar-refractivity contribution in [2.45, 2.75) is 51.0 Å². The number of rotatable bonds is 3. The van der Waals surface area contributed by atoms with Crippen LogP contribution in [-0.4, -0.2) is 78.8 Å². The summed E-state index contributed by atoms with van der Waals surface area (Å²) in [7, 11) is 0. The molecular formula is C33H39N3O4. The average molecular weight is 542 g/mol. The SMILES string of the molecule is O=C(c1ccc2c(C3CCCCC3)c3n(c2c1)CC(C(=O)N1CCOCC1)Cc1ccccc1-3)N1CCOCC1. The largest absolute Gasteiger partial charge is 0.378 e. The van der Waals surface area contributed by atoms with Gasteiger partial charge in [-0.3, -0.25) is 9.59 Å². The van der Waals surface area contributed by atoms with E-state index in [1.807, 2.05) is 15.9 Å². The average Bonchev–Trinajstić information content (AvgIpc) is 3.23. The molecule has 40 heavy (non-hydrogen) atoms. The first-order chi connectivity index (χ1) is 19.7. The summed E-state index contributed by atoms with van der Waals surface area (Å²) in [6.07, 6.45) is 6.92. The molecule has 0 bridgehead atoms. The van der Waals surface area contributed by atoms with Gasteiger partial charge in [-0.15, -0.1) is 0 Å². The molecule has 7 nitrogen and oxygen atoms in total. The van der Waals surface area contributed by atoms with Crippen molar-refractivity contribution >= 4 is 22.7 Å². The smallest absolute Gasteiger partial charge is 0.254 e. The van der Waals surface area contributed by atoms with Crippen molar-refractivity contribution in [2.24, 2.45) is 5.92 Å². The van der Waals surface area contributed by atoms with Crippen LogP contribution in [0.25, 0.3) is 22.2 Å². The molecule has 3 aromatic rings. The van der Waals surface area contributed by atoms with Crippen LogP contribution in [0.5, 0.6) is 0 Å². The van der Waals surface area contributed by atoms with Crippen molar-refractivity contribution in [2.75, 3.05) is 52.6 Å². The number of benzene rings is 2. The quantitative estimate of drug-likeness (QED) is 0.475. The number of fused-ring (bicyclic) bond motifs is 5. The summed E-state index contributed by atoms with van der Waals surface area (Å²) in [6, 6.07) is 15.0. The number of carbonyl (C=O) groups is 2. The zero-order valence-electron chi connectivity index (χ0n) is 23.3. The van der Waals surface area contributed by atoms with Crippen LogP contribution in [0.1, 0.15) is 59.5 Å². The van der Waals surface area contributed by atoms with Gasteiger partial charge in [-0.1, -0.05) is 49.6 Å². The van der Waals surface area contributed by atoms with Crippen molar-refractivity contribution in [1.29, 1.82) is 0 Å². The van der Waals surface area contributed by atoms with Gasteiger partial charge in [0.05, 0.1) is 38.0 Å². The molecule has 0 spiro atoms.